The van der Waals surface area contributed by atoms with Crippen LogP contribution in [-0.4, -0.2) is 17.0 Å². The van der Waals surface area contributed by atoms with Crippen LogP contribution in [0.25, 0.3) is 0 Å². The van der Waals surface area contributed by atoms with E-state index in [0.29, 0.717) is 24.0 Å². The molecule has 0 bridgehead atoms. The molecule has 1 aliphatic carbocycles. The first kappa shape index (κ1) is 19.5. The first-order valence-corrected chi connectivity index (χ1v) is 10.8. The minimum absolute atomic E-state index is 0.156. The number of benzene rings is 2. The number of carbonyl (C=O) groups is 1. The van der Waals surface area contributed by atoms with Gasteiger partial charge in [0.2, 0.25) is 0 Å². The third kappa shape index (κ3) is 5.35. The predicted octanol–water partition coefficient (Wildman–Crippen LogP) is 5.60. The summed E-state index contributed by atoms with van der Waals surface area (Å²) in [4.78, 5) is 16.9. The van der Waals surface area contributed by atoms with Gasteiger partial charge in [0.1, 0.15) is 18.1 Å². The van der Waals surface area contributed by atoms with E-state index in [1.807, 2.05) is 36.6 Å². The van der Waals surface area contributed by atoms with Crippen LogP contribution >= 0.6 is 11.3 Å². The van der Waals surface area contributed by atoms with Gasteiger partial charge in [0.05, 0.1) is 16.8 Å². The van der Waals surface area contributed by atoms with Crippen molar-refractivity contribution in [1.82, 2.24) is 4.98 Å². The third-order valence-corrected chi connectivity index (χ3v) is 5.71. The Hall–Kier alpha value is -2.86. The fourth-order valence-corrected chi connectivity index (χ4v) is 3.95. The summed E-state index contributed by atoms with van der Waals surface area (Å²) in [5.74, 6) is 1.41. The number of thiazole rings is 1. The number of nitrogens with zero attached hydrogens (tertiary/aromatic N) is 1. The van der Waals surface area contributed by atoms with Crippen molar-refractivity contribution in [2.75, 3.05) is 5.32 Å². The van der Waals surface area contributed by atoms with Crippen LogP contribution in [0.1, 0.15) is 46.7 Å². The molecule has 0 radical (unpaired) electrons. The quantitative estimate of drug-likeness (QED) is 0.552. The van der Waals surface area contributed by atoms with Gasteiger partial charge in [-0.2, -0.15) is 0 Å². The molecule has 1 aliphatic rings. The van der Waals surface area contributed by atoms with Crippen LogP contribution in [0.5, 0.6) is 11.5 Å². The summed E-state index contributed by atoms with van der Waals surface area (Å²) in [7, 11) is 0. The van der Waals surface area contributed by atoms with Gasteiger partial charge in [-0.15, -0.1) is 11.3 Å². The zero-order valence-corrected chi connectivity index (χ0v) is 17.2. The zero-order chi connectivity index (χ0) is 20.1. The van der Waals surface area contributed by atoms with E-state index in [2.05, 4.69) is 10.3 Å². The molecular weight excluding hydrogens is 384 g/mol. The molecule has 2 aromatic carbocycles. The lowest BCUT2D eigenvalue weighted by molar-refractivity contribution is 0.102. The van der Waals surface area contributed by atoms with Gasteiger partial charge in [0.15, 0.2) is 0 Å². The largest absolute Gasteiger partial charge is 0.490 e. The Morgan fingerprint density at radius 3 is 2.41 bits per heavy atom. The number of aryl methyl sites for hydroxylation is 1. The Balaban J connectivity index is 1.29. The molecule has 4 rings (SSSR count). The van der Waals surface area contributed by atoms with Crippen LogP contribution in [0, 0.1) is 6.92 Å². The van der Waals surface area contributed by atoms with Crippen LogP contribution in [-0.2, 0) is 6.61 Å². The van der Waals surface area contributed by atoms with Gasteiger partial charge in [0, 0.05) is 16.6 Å². The smallest absolute Gasteiger partial charge is 0.255 e. The topological polar surface area (TPSA) is 60.5 Å². The van der Waals surface area contributed by atoms with Crippen molar-refractivity contribution in [2.24, 2.45) is 0 Å². The molecule has 0 aliphatic heterocycles. The molecular formula is C23H24N2O3S. The van der Waals surface area contributed by atoms with Gasteiger partial charge in [-0.1, -0.05) is 0 Å². The Bertz CT molecular complexity index is 945. The molecule has 29 heavy (non-hydrogen) atoms. The SMILES string of the molecule is Cc1nc(COc2ccc(C(=O)Nc3ccc(OC4CCCC4)cc3)cc2)cs1. The summed E-state index contributed by atoms with van der Waals surface area (Å²) in [6.45, 7) is 2.39. The molecule has 3 aromatic rings. The molecule has 0 unspecified atom stereocenters. The first-order chi connectivity index (χ1) is 14.2. The van der Waals surface area contributed by atoms with Gasteiger partial charge in [-0.3, -0.25) is 4.79 Å². The van der Waals surface area contributed by atoms with Gasteiger partial charge in [0.25, 0.3) is 5.91 Å². The molecule has 1 N–H and O–H groups in total. The number of amides is 1. The maximum Gasteiger partial charge on any atom is 0.255 e. The number of nitrogens with one attached hydrogen (secondary N) is 1. The van der Waals surface area contributed by atoms with Crippen LogP contribution in [0.4, 0.5) is 5.69 Å². The fraction of sp³-hybridized carbons (Fsp3) is 0.304. The summed E-state index contributed by atoms with van der Waals surface area (Å²) in [5.41, 5.74) is 2.23. The number of aromatic nitrogens is 1. The molecule has 0 saturated heterocycles. The fourth-order valence-electron chi connectivity index (χ4n) is 3.35. The van der Waals surface area contributed by atoms with Gasteiger partial charge in [-0.25, -0.2) is 4.98 Å². The predicted molar refractivity (Wildman–Crippen MR) is 115 cm³/mol. The molecule has 6 heteroatoms. The molecule has 0 spiro atoms. The van der Waals surface area contributed by atoms with Crippen LogP contribution < -0.4 is 14.8 Å². The van der Waals surface area contributed by atoms with Crippen molar-refractivity contribution in [1.29, 1.82) is 0 Å². The monoisotopic (exact) mass is 408 g/mol. The lowest BCUT2D eigenvalue weighted by Crippen LogP contribution is -2.12. The van der Waals surface area contributed by atoms with Crippen molar-refractivity contribution < 1.29 is 14.3 Å². The van der Waals surface area contributed by atoms with E-state index in [-0.39, 0.29) is 5.91 Å². The highest BCUT2D eigenvalue weighted by Gasteiger charge is 2.16. The summed E-state index contributed by atoms with van der Waals surface area (Å²) in [6, 6.07) is 14.7. The Morgan fingerprint density at radius 1 is 1.07 bits per heavy atom. The molecule has 1 saturated carbocycles. The lowest BCUT2D eigenvalue weighted by atomic mass is 10.2. The number of carbonyl (C=O) groups excluding carboxylic acids is 1. The van der Waals surface area contributed by atoms with Gasteiger partial charge >= 0.3 is 0 Å². The number of anilines is 1. The standard InChI is InChI=1S/C23H24N2O3S/c1-16-24-19(15-29-16)14-27-20-10-6-17(7-11-20)23(26)25-18-8-12-22(13-9-18)28-21-4-2-3-5-21/h6-13,15,21H,2-5,14H2,1H3,(H,25,26). The number of hydrogen-bond donors (Lipinski definition) is 1. The van der Waals surface area contributed by atoms with E-state index in [1.54, 1.807) is 35.6 Å². The van der Waals surface area contributed by atoms with E-state index in [9.17, 15) is 4.79 Å². The number of rotatable bonds is 7. The van der Waals surface area contributed by atoms with E-state index in [0.717, 1.165) is 35.0 Å². The summed E-state index contributed by atoms with van der Waals surface area (Å²) >= 11 is 1.60. The molecule has 1 amide bonds. The minimum atomic E-state index is -0.156. The Labute approximate surface area is 174 Å². The van der Waals surface area contributed by atoms with Gasteiger partial charge in [-0.05, 0) is 81.1 Å². The van der Waals surface area contributed by atoms with E-state index >= 15 is 0 Å². The second kappa shape index (κ2) is 9.09. The molecule has 1 aromatic heterocycles. The van der Waals surface area contributed by atoms with Crippen molar-refractivity contribution in [3.8, 4) is 11.5 Å². The van der Waals surface area contributed by atoms with E-state index in [1.165, 1.54) is 12.8 Å². The highest BCUT2D eigenvalue weighted by Crippen LogP contribution is 2.25. The maximum atomic E-state index is 12.5. The number of hydrogen-bond acceptors (Lipinski definition) is 5. The van der Waals surface area contributed by atoms with Crippen molar-refractivity contribution in [2.45, 2.75) is 45.3 Å². The molecule has 150 valence electrons. The second-order valence-electron chi connectivity index (χ2n) is 7.17. The summed E-state index contributed by atoms with van der Waals surface area (Å²) in [6.07, 6.45) is 5.07. The van der Waals surface area contributed by atoms with Crippen LogP contribution in [0.15, 0.2) is 53.9 Å². The molecule has 1 heterocycles. The molecule has 1 fully saturated rings. The first-order valence-electron chi connectivity index (χ1n) is 9.88. The molecule has 5 nitrogen and oxygen atoms in total. The average Bonchev–Trinajstić information content (AvgIpc) is 3.40. The minimum Gasteiger partial charge on any atom is -0.490 e. The Morgan fingerprint density at radius 2 is 1.76 bits per heavy atom. The zero-order valence-electron chi connectivity index (χ0n) is 16.4. The van der Waals surface area contributed by atoms with Crippen molar-refractivity contribution >= 4 is 22.9 Å². The number of ether oxygens (including phenoxy) is 2. The molecule has 0 atom stereocenters. The van der Waals surface area contributed by atoms with Gasteiger partial charge < -0.3 is 14.8 Å². The highest BCUT2D eigenvalue weighted by atomic mass is 32.1. The average molecular weight is 409 g/mol. The highest BCUT2D eigenvalue weighted by molar-refractivity contribution is 7.09. The van der Waals surface area contributed by atoms with E-state index in [4.69, 9.17) is 9.47 Å². The van der Waals surface area contributed by atoms with E-state index < -0.39 is 0 Å². The summed E-state index contributed by atoms with van der Waals surface area (Å²) < 4.78 is 11.7. The third-order valence-electron chi connectivity index (χ3n) is 4.89. The van der Waals surface area contributed by atoms with Crippen LogP contribution in [0.2, 0.25) is 0 Å². The lowest BCUT2D eigenvalue weighted by Gasteiger charge is -2.13. The van der Waals surface area contributed by atoms with Crippen molar-refractivity contribution in [3.05, 3.63) is 70.2 Å². The summed E-state index contributed by atoms with van der Waals surface area (Å²) in [5, 5.41) is 5.92. The normalized spacial score (nSPS) is 14.0. The van der Waals surface area contributed by atoms with Crippen LogP contribution in [0.3, 0.4) is 0 Å². The maximum absolute atomic E-state index is 12.5. The Kier molecular flexibility index (Phi) is 6.10. The second-order valence-corrected chi connectivity index (χ2v) is 8.24. The van der Waals surface area contributed by atoms with Crippen molar-refractivity contribution in [3.63, 3.8) is 0 Å².